The van der Waals surface area contributed by atoms with E-state index in [0.717, 1.165) is 5.56 Å². The van der Waals surface area contributed by atoms with Crippen LogP contribution in [0.25, 0.3) is 0 Å². The van der Waals surface area contributed by atoms with Gasteiger partial charge in [0.25, 0.3) is 0 Å². The molecule has 0 unspecified atom stereocenters. The van der Waals surface area contributed by atoms with E-state index >= 15 is 0 Å². The van der Waals surface area contributed by atoms with Crippen LogP contribution in [0, 0.1) is 0 Å². The zero-order chi connectivity index (χ0) is 20.6. The summed E-state index contributed by atoms with van der Waals surface area (Å²) in [5.41, 5.74) is 0.600. The van der Waals surface area contributed by atoms with E-state index in [-0.39, 0.29) is 12.3 Å². The molecule has 152 valence electrons. The first-order valence-electron chi connectivity index (χ1n) is 9.27. The van der Waals surface area contributed by atoms with Crippen LogP contribution in [0.15, 0.2) is 36.4 Å². The molecule has 0 aromatic heterocycles. The van der Waals surface area contributed by atoms with Gasteiger partial charge in [-0.2, -0.15) is 0 Å². The number of hydrogen-bond donors (Lipinski definition) is 2. The number of amides is 1. The Bertz CT molecular complexity index is 974. The summed E-state index contributed by atoms with van der Waals surface area (Å²) in [5.74, 6) is -0.237. The monoisotopic (exact) mass is 435 g/mol. The largest absolute Gasteiger partial charge is 0.486 e. The van der Waals surface area contributed by atoms with Crippen LogP contribution in [0.3, 0.4) is 0 Å². The standard InChI is InChI=1S/C21H19Cl2NO5/c22-13-2-3-14(15(23)11-13)21(5-6-21)20(27)24-16(19(25)26)9-12-1-4-17-18(10-12)29-8-7-28-17/h1-4,10-11,16H,5-9H2,(H,24,27)(H,25,26)/t16-/m0/s1. The van der Waals surface area contributed by atoms with Crippen molar-refractivity contribution in [2.24, 2.45) is 0 Å². The molecule has 6 nitrogen and oxygen atoms in total. The van der Waals surface area contributed by atoms with Crippen molar-refractivity contribution in [2.45, 2.75) is 30.7 Å². The average Bonchev–Trinajstić information content (AvgIpc) is 3.49. The van der Waals surface area contributed by atoms with Crippen molar-refractivity contribution in [1.82, 2.24) is 5.32 Å². The highest BCUT2D eigenvalue weighted by Gasteiger charge is 2.53. The highest BCUT2D eigenvalue weighted by Crippen LogP contribution is 2.51. The summed E-state index contributed by atoms with van der Waals surface area (Å²) in [6.45, 7) is 0.926. The van der Waals surface area contributed by atoms with Crippen molar-refractivity contribution in [2.75, 3.05) is 13.2 Å². The minimum absolute atomic E-state index is 0.127. The zero-order valence-electron chi connectivity index (χ0n) is 15.4. The summed E-state index contributed by atoms with van der Waals surface area (Å²) in [7, 11) is 0. The lowest BCUT2D eigenvalue weighted by molar-refractivity contribution is -0.142. The molecule has 8 heteroatoms. The Balaban J connectivity index is 1.51. The maximum atomic E-state index is 13.0. The fraction of sp³-hybridized carbons (Fsp3) is 0.333. The van der Waals surface area contributed by atoms with Crippen LogP contribution in [-0.2, 0) is 21.4 Å². The van der Waals surface area contributed by atoms with Gasteiger partial charge in [-0.15, -0.1) is 0 Å². The van der Waals surface area contributed by atoms with E-state index in [4.69, 9.17) is 32.7 Å². The first-order chi connectivity index (χ1) is 13.9. The van der Waals surface area contributed by atoms with Gasteiger partial charge in [-0.05, 0) is 48.2 Å². The second kappa shape index (κ2) is 7.76. The number of carbonyl (C=O) groups is 2. The molecule has 29 heavy (non-hydrogen) atoms. The van der Waals surface area contributed by atoms with E-state index in [1.807, 2.05) is 0 Å². The van der Waals surface area contributed by atoms with Crippen molar-refractivity contribution in [3.63, 3.8) is 0 Å². The molecule has 2 aromatic carbocycles. The summed E-state index contributed by atoms with van der Waals surface area (Å²) < 4.78 is 11.0. The maximum Gasteiger partial charge on any atom is 0.326 e. The van der Waals surface area contributed by atoms with Gasteiger partial charge in [0.15, 0.2) is 11.5 Å². The number of rotatable bonds is 6. The molecule has 1 saturated carbocycles. The van der Waals surface area contributed by atoms with Crippen LogP contribution in [0.4, 0.5) is 0 Å². The SMILES string of the molecule is O=C(O)[C@H](Cc1ccc2c(c1)OCCO2)NC(=O)C1(c2ccc(Cl)cc2Cl)CC1. The Morgan fingerprint density at radius 1 is 1.07 bits per heavy atom. The average molecular weight is 436 g/mol. The molecule has 0 radical (unpaired) electrons. The van der Waals surface area contributed by atoms with Gasteiger partial charge in [0.1, 0.15) is 19.3 Å². The van der Waals surface area contributed by atoms with Gasteiger partial charge in [0.2, 0.25) is 5.91 Å². The normalized spacial score (nSPS) is 17.3. The molecular weight excluding hydrogens is 417 g/mol. The molecular formula is C21H19Cl2NO5. The summed E-state index contributed by atoms with van der Waals surface area (Å²) in [5, 5.41) is 13.2. The summed E-state index contributed by atoms with van der Waals surface area (Å²) in [6.07, 6.45) is 1.34. The fourth-order valence-corrected chi connectivity index (χ4v) is 4.16. The summed E-state index contributed by atoms with van der Waals surface area (Å²) >= 11 is 12.2. The van der Waals surface area contributed by atoms with Crippen LogP contribution in [0.5, 0.6) is 11.5 Å². The lowest BCUT2D eigenvalue weighted by atomic mass is 9.94. The Kier molecular flexibility index (Phi) is 5.32. The molecule has 2 aliphatic rings. The topological polar surface area (TPSA) is 84.9 Å². The molecule has 1 amide bonds. The van der Waals surface area contributed by atoms with Crippen molar-refractivity contribution in [3.05, 3.63) is 57.6 Å². The van der Waals surface area contributed by atoms with Crippen molar-refractivity contribution in [3.8, 4) is 11.5 Å². The van der Waals surface area contributed by atoms with E-state index in [1.54, 1.807) is 36.4 Å². The first kappa shape index (κ1) is 19.9. The van der Waals surface area contributed by atoms with Crippen LogP contribution < -0.4 is 14.8 Å². The number of halogens is 2. The zero-order valence-corrected chi connectivity index (χ0v) is 16.9. The van der Waals surface area contributed by atoms with E-state index in [1.165, 1.54) is 0 Å². The van der Waals surface area contributed by atoms with Crippen molar-refractivity contribution in [1.29, 1.82) is 0 Å². The van der Waals surface area contributed by atoms with Gasteiger partial charge in [0.05, 0.1) is 5.41 Å². The third-order valence-corrected chi connectivity index (χ3v) is 5.83. The summed E-state index contributed by atoms with van der Waals surface area (Å²) in [4.78, 5) is 24.8. The predicted molar refractivity (Wildman–Crippen MR) is 108 cm³/mol. The number of benzene rings is 2. The third kappa shape index (κ3) is 4.00. The number of hydrogen-bond acceptors (Lipinski definition) is 4. The van der Waals surface area contributed by atoms with Gasteiger partial charge in [-0.25, -0.2) is 4.79 Å². The maximum absolute atomic E-state index is 13.0. The molecule has 1 aliphatic heterocycles. The highest BCUT2D eigenvalue weighted by molar-refractivity contribution is 6.35. The second-order valence-electron chi connectivity index (χ2n) is 7.25. The molecule has 1 atom stereocenters. The number of fused-ring (bicyclic) bond motifs is 1. The molecule has 1 fully saturated rings. The highest BCUT2D eigenvalue weighted by atomic mass is 35.5. The lowest BCUT2D eigenvalue weighted by Crippen LogP contribution is -2.46. The number of carboxylic acids is 1. The Hall–Kier alpha value is -2.44. The molecule has 2 N–H and O–H groups in total. The van der Waals surface area contributed by atoms with Gasteiger partial charge < -0.3 is 19.9 Å². The molecule has 1 aliphatic carbocycles. The van der Waals surface area contributed by atoms with Crippen molar-refractivity contribution >= 4 is 35.1 Å². The molecule has 4 rings (SSSR count). The summed E-state index contributed by atoms with van der Waals surface area (Å²) in [6, 6.07) is 9.20. The van der Waals surface area contributed by atoms with Crippen LogP contribution in [0.2, 0.25) is 10.0 Å². The van der Waals surface area contributed by atoms with E-state index in [0.29, 0.717) is 53.2 Å². The van der Waals surface area contributed by atoms with E-state index < -0.39 is 17.4 Å². The van der Waals surface area contributed by atoms with Crippen LogP contribution in [0.1, 0.15) is 24.0 Å². The predicted octanol–water partition coefficient (Wildman–Crippen LogP) is 3.61. The number of nitrogens with one attached hydrogen (secondary N) is 1. The molecule has 2 aromatic rings. The molecule has 0 saturated heterocycles. The minimum atomic E-state index is -1.11. The molecule has 0 bridgehead atoms. The number of carbonyl (C=O) groups excluding carboxylic acids is 1. The Morgan fingerprint density at radius 2 is 1.79 bits per heavy atom. The first-order valence-corrected chi connectivity index (χ1v) is 10.0. The number of aliphatic carboxylic acids is 1. The van der Waals surface area contributed by atoms with Crippen molar-refractivity contribution < 1.29 is 24.2 Å². The van der Waals surface area contributed by atoms with E-state index in [9.17, 15) is 14.7 Å². The van der Waals surface area contributed by atoms with E-state index in [2.05, 4.69) is 5.32 Å². The smallest absolute Gasteiger partial charge is 0.326 e. The van der Waals surface area contributed by atoms with Gasteiger partial charge in [-0.1, -0.05) is 35.3 Å². The van der Waals surface area contributed by atoms with Gasteiger partial charge >= 0.3 is 5.97 Å². The lowest BCUT2D eigenvalue weighted by Gasteiger charge is -2.22. The Morgan fingerprint density at radius 3 is 2.45 bits per heavy atom. The Labute approximate surface area is 177 Å². The fourth-order valence-electron chi connectivity index (χ4n) is 3.57. The second-order valence-corrected chi connectivity index (χ2v) is 8.10. The number of carboxylic acid groups (broad SMARTS) is 1. The minimum Gasteiger partial charge on any atom is -0.486 e. The quantitative estimate of drug-likeness (QED) is 0.723. The molecule has 0 spiro atoms. The number of ether oxygens (including phenoxy) is 2. The van der Waals surface area contributed by atoms with Gasteiger partial charge in [0, 0.05) is 16.5 Å². The molecule has 1 heterocycles. The van der Waals surface area contributed by atoms with Crippen LogP contribution in [-0.4, -0.2) is 36.2 Å². The van der Waals surface area contributed by atoms with Crippen LogP contribution >= 0.6 is 23.2 Å². The van der Waals surface area contributed by atoms with Gasteiger partial charge in [-0.3, -0.25) is 4.79 Å². The third-order valence-electron chi connectivity index (χ3n) is 5.28.